The predicted octanol–water partition coefficient (Wildman–Crippen LogP) is 3.77. The molecule has 0 aliphatic heterocycles. The van der Waals surface area contributed by atoms with Crippen LogP contribution >= 0.6 is 0 Å². The van der Waals surface area contributed by atoms with Crippen molar-refractivity contribution < 1.29 is 14.3 Å². The second kappa shape index (κ2) is 6.83. The van der Waals surface area contributed by atoms with Crippen molar-refractivity contribution in [3.05, 3.63) is 35.9 Å². The zero-order chi connectivity index (χ0) is 17.3. The van der Waals surface area contributed by atoms with E-state index in [0.29, 0.717) is 0 Å². The SMILES string of the molecule is COCOc1ccc(/C=C/C(=O)NC23CC4CC(CC(C4)C2)C3)cc1. The Bertz CT molecular complexity index is 614. The molecule has 0 aromatic heterocycles. The van der Waals surface area contributed by atoms with Gasteiger partial charge in [0.15, 0.2) is 6.79 Å². The number of amides is 1. The number of methoxy groups -OCH3 is 1. The lowest BCUT2D eigenvalue weighted by atomic mass is 9.53. The molecule has 0 spiro atoms. The fourth-order valence-corrected chi connectivity index (χ4v) is 5.54. The van der Waals surface area contributed by atoms with E-state index in [1.807, 2.05) is 30.3 Å². The summed E-state index contributed by atoms with van der Waals surface area (Å²) in [7, 11) is 1.60. The Hall–Kier alpha value is -1.81. The molecule has 4 fully saturated rings. The Morgan fingerprint density at radius 3 is 2.28 bits per heavy atom. The van der Waals surface area contributed by atoms with Crippen molar-refractivity contribution in [2.45, 2.75) is 44.1 Å². The highest BCUT2D eigenvalue weighted by Crippen LogP contribution is 2.55. The first-order chi connectivity index (χ1) is 12.1. The maximum absolute atomic E-state index is 12.5. The maximum Gasteiger partial charge on any atom is 0.244 e. The van der Waals surface area contributed by atoms with Gasteiger partial charge >= 0.3 is 0 Å². The van der Waals surface area contributed by atoms with Gasteiger partial charge in [0.05, 0.1) is 0 Å². The standard InChI is InChI=1S/C21H27NO3/c1-24-14-25-19-5-2-15(3-6-19)4-7-20(23)22-21-11-16-8-17(12-21)10-18(9-16)13-21/h2-7,16-18H,8-14H2,1H3,(H,22,23)/b7-4+. The van der Waals surface area contributed by atoms with Gasteiger partial charge in [-0.1, -0.05) is 12.1 Å². The Kier molecular flexibility index (Phi) is 4.55. The number of carbonyl (C=O) groups excluding carboxylic acids is 1. The predicted molar refractivity (Wildman–Crippen MR) is 97.0 cm³/mol. The van der Waals surface area contributed by atoms with Crippen LogP contribution < -0.4 is 10.1 Å². The van der Waals surface area contributed by atoms with E-state index in [-0.39, 0.29) is 18.2 Å². The molecule has 4 aliphatic rings. The molecule has 4 aliphatic carbocycles. The Morgan fingerprint density at radius 1 is 1.12 bits per heavy atom. The van der Waals surface area contributed by atoms with Crippen LogP contribution in [0, 0.1) is 17.8 Å². The van der Waals surface area contributed by atoms with Crippen molar-refractivity contribution >= 4 is 12.0 Å². The van der Waals surface area contributed by atoms with Crippen LogP contribution in [0.5, 0.6) is 5.75 Å². The van der Waals surface area contributed by atoms with E-state index in [4.69, 9.17) is 9.47 Å². The highest BCUT2D eigenvalue weighted by molar-refractivity contribution is 5.92. The van der Waals surface area contributed by atoms with Crippen LogP contribution in [0.2, 0.25) is 0 Å². The lowest BCUT2D eigenvalue weighted by Gasteiger charge is -2.56. The minimum absolute atomic E-state index is 0.0432. The summed E-state index contributed by atoms with van der Waals surface area (Å²) in [6, 6.07) is 7.66. The number of rotatable bonds is 6. The van der Waals surface area contributed by atoms with E-state index in [2.05, 4.69) is 5.32 Å². The van der Waals surface area contributed by atoms with E-state index in [1.54, 1.807) is 13.2 Å². The number of hydrogen-bond donors (Lipinski definition) is 1. The average molecular weight is 341 g/mol. The molecule has 0 atom stereocenters. The molecule has 0 radical (unpaired) electrons. The van der Waals surface area contributed by atoms with Crippen LogP contribution in [0.4, 0.5) is 0 Å². The quantitative estimate of drug-likeness (QED) is 0.633. The average Bonchev–Trinajstić information content (AvgIpc) is 2.57. The molecule has 0 saturated heterocycles. The second-order valence-electron chi connectivity index (χ2n) is 8.14. The van der Waals surface area contributed by atoms with Gasteiger partial charge in [0, 0.05) is 18.7 Å². The summed E-state index contributed by atoms with van der Waals surface area (Å²) in [4.78, 5) is 12.5. The third-order valence-corrected chi connectivity index (χ3v) is 6.08. The van der Waals surface area contributed by atoms with Crippen molar-refractivity contribution in [2.24, 2.45) is 17.8 Å². The van der Waals surface area contributed by atoms with Gasteiger partial charge in [0.1, 0.15) is 5.75 Å². The summed E-state index contributed by atoms with van der Waals surface area (Å²) in [5, 5.41) is 3.37. The van der Waals surface area contributed by atoms with E-state index < -0.39 is 0 Å². The van der Waals surface area contributed by atoms with Crippen molar-refractivity contribution in [1.82, 2.24) is 5.32 Å². The zero-order valence-electron chi connectivity index (χ0n) is 14.9. The molecule has 4 nitrogen and oxygen atoms in total. The molecule has 4 heteroatoms. The van der Waals surface area contributed by atoms with Crippen LogP contribution in [0.25, 0.3) is 6.08 Å². The van der Waals surface area contributed by atoms with Crippen molar-refractivity contribution in [2.75, 3.05) is 13.9 Å². The lowest BCUT2D eigenvalue weighted by molar-refractivity contribution is -0.122. The molecule has 0 heterocycles. The molecule has 5 rings (SSSR count). The first-order valence-electron chi connectivity index (χ1n) is 9.36. The van der Waals surface area contributed by atoms with Gasteiger partial charge < -0.3 is 14.8 Å². The minimum Gasteiger partial charge on any atom is -0.468 e. The highest BCUT2D eigenvalue weighted by Gasteiger charge is 2.51. The summed E-state index contributed by atoms with van der Waals surface area (Å²) in [6.07, 6.45) is 11.3. The van der Waals surface area contributed by atoms with Gasteiger partial charge in [-0.15, -0.1) is 0 Å². The van der Waals surface area contributed by atoms with E-state index >= 15 is 0 Å². The Labute approximate surface area is 149 Å². The Morgan fingerprint density at radius 2 is 1.72 bits per heavy atom. The number of nitrogens with one attached hydrogen (secondary N) is 1. The summed E-state index contributed by atoms with van der Waals surface area (Å²) in [6.45, 7) is 0.239. The molecular formula is C21H27NO3. The van der Waals surface area contributed by atoms with Gasteiger partial charge in [-0.2, -0.15) is 0 Å². The lowest BCUT2D eigenvalue weighted by Crippen LogP contribution is -2.59. The van der Waals surface area contributed by atoms with Crippen molar-refractivity contribution in [3.8, 4) is 5.75 Å². The zero-order valence-corrected chi connectivity index (χ0v) is 14.9. The third-order valence-electron chi connectivity index (χ3n) is 6.08. The smallest absolute Gasteiger partial charge is 0.244 e. The van der Waals surface area contributed by atoms with E-state index in [9.17, 15) is 4.79 Å². The summed E-state index contributed by atoms with van der Waals surface area (Å²) in [5.74, 6) is 3.33. The van der Waals surface area contributed by atoms with Gasteiger partial charge in [0.2, 0.25) is 5.91 Å². The molecular weight excluding hydrogens is 314 g/mol. The molecule has 1 aromatic carbocycles. The maximum atomic E-state index is 12.5. The summed E-state index contributed by atoms with van der Waals surface area (Å²) >= 11 is 0. The summed E-state index contributed by atoms with van der Waals surface area (Å²) < 4.78 is 10.2. The summed E-state index contributed by atoms with van der Waals surface area (Å²) in [5.41, 5.74) is 1.07. The minimum atomic E-state index is 0.0432. The van der Waals surface area contributed by atoms with Gasteiger partial charge in [-0.3, -0.25) is 4.79 Å². The van der Waals surface area contributed by atoms with Crippen LogP contribution in [0.15, 0.2) is 30.3 Å². The van der Waals surface area contributed by atoms with Crippen LogP contribution in [0.1, 0.15) is 44.1 Å². The van der Waals surface area contributed by atoms with Gasteiger partial charge in [-0.05, 0) is 80.1 Å². The van der Waals surface area contributed by atoms with Crippen LogP contribution in [0.3, 0.4) is 0 Å². The first kappa shape index (κ1) is 16.6. The van der Waals surface area contributed by atoms with Crippen LogP contribution in [-0.4, -0.2) is 25.3 Å². The molecule has 134 valence electrons. The van der Waals surface area contributed by atoms with Crippen molar-refractivity contribution in [1.29, 1.82) is 0 Å². The second-order valence-corrected chi connectivity index (χ2v) is 8.14. The van der Waals surface area contributed by atoms with Gasteiger partial charge in [0.25, 0.3) is 0 Å². The monoisotopic (exact) mass is 341 g/mol. The molecule has 1 N–H and O–H groups in total. The molecule has 4 bridgehead atoms. The fourth-order valence-electron chi connectivity index (χ4n) is 5.54. The van der Waals surface area contributed by atoms with E-state index in [1.165, 1.54) is 38.5 Å². The topological polar surface area (TPSA) is 47.6 Å². The van der Waals surface area contributed by atoms with Crippen molar-refractivity contribution in [3.63, 3.8) is 0 Å². The molecule has 4 saturated carbocycles. The van der Waals surface area contributed by atoms with Gasteiger partial charge in [-0.25, -0.2) is 0 Å². The largest absolute Gasteiger partial charge is 0.468 e. The number of carbonyl (C=O) groups is 1. The number of hydrogen-bond acceptors (Lipinski definition) is 3. The fraction of sp³-hybridized carbons (Fsp3) is 0.571. The normalized spacial score (nSPS) is 32.9. The third kappa shape index (κ3) is 3.74. The Balaban J connectivity index is 1.35. The van der Waals surface area contributed by atoms with Crippen LogP contribution in [-0.2, 0) is 9.53 Å². The number of ether oxygens (including phenoxy) is 2. The first-order valence-corrected chi connectivity index (χ1v) is 9.36. The van der Waals surface area contributed by atoms with E-state index in [0.717, 1.165) is 29.1 Å². The number of benzene rings is 1. The molecule has 0 unspecified atom stereocenters. The molecule has 1 amide bonds. The highest BCUT2D eigenvalue weighted by atomic mass is 16.7. The molecule has 1 aromatic rings. The molecule has 25 heavy (non-hydrogen) atoms.